The van der Waals surface area contributed by atoms with Gasteiger partial charge in [0.05, 0.1) is 10.6 Å². The van der Waals surface area contributed by atoms with E-state index in [0.717, 1.165) is 19.3 Å². The molecular weight excluding hydrogens is 366 g/mol. The normalized spacial score (nSPS) is 23.0. The summed E-state index contributed by atoms with van der Waals surface area (Å²) < 4.78 is 36.6. The summed E-state index contributed by atoms with van der Waals surface area (Å²) in [5.41, 5.74) is -0.343. The maximum absolute atomic E-state index is 13.2. The minimum Gasteiger partial charge on any atom is -0.460 e. The fourth-order valence-electron chi connectivity index (χ4n) is 3.33. The second-order valence-corrected chi connectivity index (χ2v) is 7.58. The number of hydrogen-bond donors (Lipinski definition) is 0. The van der Waals surface area contributed by atoms with E-state index in [1.54, 1.807) is 0 Å². The Hall–Kier alpha value is -1.69. The molecule has 1 aromatic carbocycles. The zero-order valence-corrected chi connectivity index (χ0v) is 15.8. The maximum Gasteiger partial charge on any atom is 0.344 e. The van der Waals surface area contributed by atoms with Crippen molar-refractivity contribution in [2.75, 3.05) is 6.61 Å². The Labute approximate surface area is 156 Å². The third kappa shape index (κ3) is 5.16. The van der Waals surface area contributed by atoms with Crippen LogP contribution in [0.1, 0.15) is 50.4 Å². The van der Waals surface area contributed by atoms with E-state index in [1.807, 2.05) is 0 Å². The first-order valence-corrected chi connectivity index (χ1v) is 9.08. The number of carbonyl (C=O) groups is 2. The van der Waals surface area contributed by atoms with Crippen LogP contribution in [0.5, 0.6) is 0 Å². The van der Waals surface area contributed by atoms with Crippen LogP contribution in [0.3, 0.4) is 0 Å². The SMILES string of the molecule is CC1CCC(C(C)C)C(OC(=O)COC(=O)c2cc(F)c(F)cc2Cl)C1. The van der Waals surface area contributed by atoms with Gasteiger partial charge in [-0.05, 0) is 42.7 Å². The molecule has 0 heterocycles. The summed E-state index contributed by atoms with van der Waals surface area (Å²) in [7, 11) is 0. The number of rotatable bonds is 5. The number of halogens is 3. The van der Waals surface area contributed by atoms with Gasteiger partial charge >= 0.3 is 11.9 Å². The van der Waals surface area contributed by atoms with Crippen LogP contribution in [-0.4, -0.2) is 24.6 Å². The molecule has 0 spiro atoms. The molecule has 4 nitrogen and oxygen atoms in total. The second-order valence-electron chi connectivity index (χ2n) is 7.18. The average Bonchev–Trinajstić information content (AvgIpc) is 2.55. The highest BCUT2D eigenvalue weighted by molar-refractivity contribution is 6.33. The molecule has 0 saturated heterocycles. The summed E-state index contributed by atoms with van der Waals surface area (Å²) in [5, 5.41) is -0.289. The summed E-state index contributed by atoms with van der Waals surface area (Å²) >= 11 is 5.71. The van der Waals surface area contributed by atoms with E-state index in [1.165, 1.54) is 0 Å². The molecule has 1 aliphatic carbocycles. The molecule has 2 rings (SSSR count). The molecule has 0 bridgehead atoms. The highest BCUT2D eigenvalue weighted by Crippen LogP contribution is 2.35. The van der Waals surface area contributed by atoms with Crippen LogP contribution in [0.15, 0.2) is 12.1 Å². The van der Waals surface area contributed by atoms with Gasteiger partial charge < -0.3 is 9.47 Å². The van der Waals surface area contributed by atoms with Crippen LogP contribution in [-0.2, 0) is 14.3 Å². The summed E-state index contributed by atoms with van der Waals surface area (Å²) in [6.45, 7) is 5.69. The van der Waals surface area contributed by atoms with Gasteiger partial charge in [-0.1, -0.05) is 38.8 Å². The summed E-state index contributed by atoms with van der Waals surface area (Å²) in [6.07, 6.45) is 2.65. The van der Waals surface area contributed by atoms with Crippen LogP contribution >= 0.6 is 11.6 Å². The van der Waals surface area contributed by atoms with Gasteiger partial charge in [-0.25, -0.2) is 18.4 Å². The smallest absolute Gasteiger partial charge is 0.344 e. The second kappa shape index (κ2) is 8.80. The average molecular weight is 389 g/mol. The highest BCUT2D eigenvalue weighted by Gasteiger charge is 2.33. The first-order valence-electron chi connectivity index (χ1n) is 8.70. The van der Waals surface area contributed by atoms with Crippen molar-refractivity contribution in [2.24, 2.45) is 17.8 Å². The van der Waals surface area contributed by atoms with E-state index in [9.17, 15) is 18.4 Å². The minimum absolute atomic E-state index is 0.211. The van der Waals surface area contributed by atoms with Gasteiger partial charge in [0.2, 0.25) is 0 Å². The number of ether oxygens (including phenoxy) is 2. The first kappa shape index (κ1) is 20.6. The van der Waals surface area contributed by atoms with Crippen molar-refractivity contribution in [3.63, 3.8) is 0 Å². The molecular formula is C19H23ClF2O4. The van der Waals surface area contributed by atoms with Gasteiger partial charge in [-0.2, -0.15) is 0 Å². The predicted octanol–water partition coefficient (Wildman–Crippen LogP) is 4.78. The monoisotopic (exact) mass is 388 g/mol. The summed E-state index contributed by atoms with van der Waals surface area (Å²) in [4.78, 5) is 24.0. The molecule has 26 heavy (non-hydrogen) atoms. The van der Waals surface area contributed by atoms with Crippen LogP contribution in [0.4, 0.5) is 8.78 Å². The summed E-state index contributed by atoms with van der Waals surface area (Å²) in [6, 6.07) is 1.32. The van der Waals surface area contributed by atoms with Crippen LogP contribution in [0, 0.1) is 29.4 Å². The Bertz CT molecular complexity index is 678. The van der Waals surface area contributed by atoms with Crippen molar-refractivity contribution in [3.8, 4) is 0 Å². The number of esters is 2. The van der Waals surface area contributed by atoms with E-state index in [4.69, 9.17) is 21.1 Å². The Morgan fingerprint density at radius 3 is 2.54 bits per heavy atom. The molecule has 3 unspecified atom stereocenters. The van der Waals surface area contributed by atoms with Crippen molar-refractivity contribution >= 4 is 23.5 Å². The molecule has 1 fully saturated rings. The van der Waals surface area contributed by atoms with Crippen molar-refractivity contribution in [2.45, 2.75) is 46.1 Å². The van der Waals surface area contributed by atoms with Gasteiger partial charge in [-0.3, -0.25) is 0 Å². The van der Waals surface area contributed by atoms with Gasteiger partial charge in [0, 0.05) is 0 Å². The van der Waals surface area contributed by atoms with Gasteiger partial charge in [-0.15, -0.1) is 0 Å². The number of carbonyl (C=O) groups excluding carboxylic acids is 2. The largest absolute Gasteiger partial charge is 0.460 e. The third-order valence-corrected chi connectivity index (χ3v) is 5.11. The zero-order chi connectivity index (χ0) is 19.4. The van der Waals surface area contributed by atoms with E-state index in [0.29, 0.717) is 24.0 Å². The lowest BCUT2D eigenvalue weighted by Gasteiger charge is -2.36. The molecule has 0 radical (unpaired) electrons. The Kier molecular flexibility index (Phi) is 6.98. The van der Waals surface area contributed by atoms with Crippen molar-refractivity contribution in [1.29, 1.82) is 0 Å². The summed E-state index contributed by atoms with van der Waals surface area (Å²) in [5.74, 6) is -2.95. The quantitative estimate of drug-likeness (QED) is 0.538. The zero-order valence-electron chi connectivity index (χ0n) is 15.1. The van der Waals surface area contributed by atoms with Gasteiger partial charge in [0.25, 0.3) is 0 Å². The molecule has 144 valence electrons. The fourth-order valence-corrected chi connectivity index (χ4v) is 3.56. The van der Waals surface area contributed by atoms with E-state index < -0.39 is 30.2 Å². The topological polar surface area (TPSA) is 52.6 Å². The first-order chi connectivity index (χ1) is 12.2. The van der Waals surface area contributed by atoms with Crippen molar-refractivity contribution in [1.82, 2.24) is 0 Å². The molecule has 0 aromatic heterocycles. The maximum atomic E-state index is 13.2. The molecule has 1 saturated carbocycles. The van der Waals surface area contributed by atoms with Crippen molar-refractivity contribution in [3.05, 3.63) is 34.4 Å². The molecule has 0 N–H and O–H groups in total. The number of hydrogen-bond acceptors (Lipinski definition) is 4. The van der Waals surface area contributed by atoms with Crippen LogP contribution in [0.2, 0.25) is 5.02 Å². The molecule has 1 aliphatic rings. The van der Waals surface area contributed by atoms with Crippen molar-refractivity contribution < 1.29 is 27.8 Å². The van der Waals surface area contributed by atoms with E-state index in [2.05, 4.69) is 20.8 Å². The molecule has 0 aliphatic heterocycles. The molecule has 7 heteroatoms. The fraction of sp³-hybridized carbons (Fsp3) is 0.579. The third-order valence-electron chi connectivity index (χ3n) is 4.80. The van der Waals surface area contributed by atoms with Crippen LogP contribution in [0.25, 0.3) is 0 Å². The highest BCUT2D eigenvalue weighted by atomic mass is 35.5. The Morgan fingerprint density at radius 1 is 1.23 bits per heavy atom. The molecule has 1 aromatic rings. The number of benzene rings is 1. The van der Waals surface area contributed by atoms with E-state index >= 15 is 0 Å². The Morgan fingerprint density at radius 2 is 1.88 bits per heavy atom. The van der Waals surface area contributed by atoms with Crippen LogP contribution < -0.4 is 0 Å². The minimum atomic E-state index is -1.22. The Balaban J connectivity index is 1.93. The lowest BCUT2D eigenvalue weighted by molar-refractivity contribution is -0.159. The molecule has 3 atom stereocenters. The van der Waals surface area contributed by atoms with Gasteiger partial charge in [0.1, 0.15) is 6.10 Å². The molecule has 0 amide bonds. The lowest BCUT2D eigenvalue weighted by Crippen LogP contribution is -2.36. The standard InChI is InChI=1S/C19H23ClF2O4/c1-10(2)12-5-4-11(3)6-17(12)26-18(23)9-25-19(24)13-7-15(21)16(22)8-14(13)20/h7-8,10-12,17H,4-6,9H2,1-3H3. The lowest BCUT2D eigenvalue weighted by atomic mass is 9.75. The van der Waals surface area contributed by atoms with E-state index in [-0.39, 0.29) is 22.6 Å². The van der Waals surface area contributed by atoms with Gasteiger partial charge in [0.15, 0.2) is 18.2 Å². The predicted molar refractivity (Wildman–Crippen MR) is 92.9 cm³/mol.